The molecular formula is C31H34FN3OS. The van der Waals surface area contributed by atoms with Gasteiger partial charge in [0, 0.05) is 24.2 Å². The summed E-state index contributed by atoms with van der Waals surface area (Å²) in [6.07, 6.45) is 0. The van der Waals surface area contributed by atoms with Crippen molar-refractivity contribution in [3.8, 4) is 0 Å². The molecular weight excluding hydrogens is 481 g/mol. The van der Waals surface area contributed by atoms with E-state index in [0.29, 0.717) is 25.3 Å². The maximum Gasteiger partial charge on any atom is 0.275 e. The SMILES string of the molecule is Cc1ccc(NC(=O)c2csc(CN(Cc3ccc(F)cc3)Cc3ccc(C(C)(C)C)cc3)n2)cc1C. The number of nitrogens with zero attached hydrogens (tertiary/aromatic N) is 2. The molecule has 0 bridgehead atoms. The molecule has 0 saturated heterocycles. The molecule has 37 heavy (non-hydrogen) atoms. The van der Waals surface area contributed by atoms with Gasteiger partial charge in [-0.15, -0.1) is 11.3 Å². The minimum absolute atomic E-state index is 0.0987. The van der Waals surface area contributed by atoms with Crippen molar-refractivity contribution >= 4 is 22.9 Å². The fourth-order valence-corrected chi connectivity index (χ4v) is 4.89. The number of amides is 1. The molecule has 0 fully saturated rings. The Balaban J connectivity index is 1.49. The Morgan fingerprint density at radius 2 is 1.51 bits per heavy atom. The first-order valence-corrected chi connectivity index (χ1v) is 13.3. The van der Waals surface area contributed by atoms with E-state index in [1.54, 1.807) is 5.38 Å². The lowest BCUT2D eigenvalue weighted by Crippen LogP contribution is -2.23. The van der Waals surface area contributed by atoms with Gasteiger partial charge in [-0.25, -0.2) is 9.37 Å². The van der Waals surface area contributed by atoms with Crippen LogP contribution in [0.5, 0.6) is 0 Å². The van der Waals surface area contributed by atoms with E-state index in [4.69, 9.17) is 0 Å². The quantitative estimate of drug-likeness (QED) is 0.262. The van der Waals surface area contributed by atoms with Gasteiger partial charge >= 0.3 is 0 Å². The number of carbonyl (C=O) groups is 1. The zero-order chi connectivity index (χ0) is 26.6. The molecule has 192 valence electrons. The number of benzene rings is 3. The molecule has 4 rings (SSSR count). The van der Waals surface area contributed by atoms with Crippen LogP contribution in [0.4, 0.5) is 10.1 Å². The molecule has 0 spiro atoms. The van der Waals surface area contributed by atoms with Crippen molar-refractivity contribution in [2.24, 2.45) is 0 Å². The summed E-state index contributed by atoms with van der Waals surface area (Å²) in [5, 5.41) is 5.62. The van der Waals surface area contributed by atoms with Crippen LogP contribution in [-0.4, -0.2) is 15.8 Å². The van der Waals surface area contributed by atoms with Gasteiger partial charge in [-0.05, 0) is 71.3 Å². The van der Waals surface area contributed by atoms with E-state index in [9.17, 15) is 9.18 Å². The smallest absolute Gasteiger partial charge is 0.275 e. The van der Waals surface area contributed by atoms with Crippen LogP contribution in [0.3, 0.4) is 0 Å². The number of carbonyl (C=O) groups excluding carboxylic acids is 1. The highest BCUT2D eigenvalue weighted by Crippen LogP contribution is 2.24. The van der Waals surface area contributed by atoms with Crippen molar-refractivity contribution in [2.45, 2.75) is 59.7 Å². The Morgan fingerprint density at radius 3 is 2.11 bits per heavy atom. The Kier molecular flexibility index (Phi) is 8.20. The average Bonchev–Trinajstić information content (AvgIpc) is 3.31. The van der Waals surface area contributed by atoms with Crippen molar-refractivity contribution in [2.75, 3.05) is 5.32 Å². The second-order valence-electron chi connectivity index (χ2n) is 10.6. The number of aromatic nitrogens is 1. The van der Waals surface area contributed by atoms with Crippen molar-refractivity contribution < 1.29 is 9.18 Å². The van der Waals surface area contributed by atoms with Crippen LogP contribution < -0.4 is 5.32 Å². The third-order valence-electron chi connectivity index (χ3n) is 6.45. The molecule has 3 aromatic carbocycles. The van der Waals surface area contributed by atoms with Crippen molar-refractivity contribution in [3.05, 3.63) is 116 Å². The zero-order valence-electron chi connectivity index (χ0n) is 22.1. The van der Waals surface area contributed by atoms with Gasteiger partial charge in [0.25, 0.3) is 5.91 Å². The summed E-state index contributed by atoms with van der Waals surface area (Å²) < 4.78 is 13.5. The van der Waals surface area contributed by atoms with Crippen molar-refractivity contribution in [1.29, 1.82) is 0 Å². The van der Waals surface area contributed by atoms with E-state index in [1.165, 1.54) is 40.2 Å². The number of thiazole rings is 1. The van der Waals surface area contributed by atoms with E-state index in [-0.39, 0.29) is 17.1 Å². The summed E-state index contributed by atoms with van der Waals surface area (Å²) in [5.41, 5.74) is 7.10. The second-order valence-corrected chi connectivity index (χ2v) is 11.5. The van der Waals surface area contributed by atoms with Crippen LogP contribution in [0.2, 0.25) is 0 Å². The van der Waals surface area contributed by atoms with E-state index < -0.39 is 0 Å². The number of rotatable bonds is 8. The highest BCUT2D eigenvalue weighted by Gasteiger charge is 2.17. The normalized spacial score (nSPS) is 11.6. The standard InChI is InChI=1S/C31H34FN3OS/c1-21-6-15-27(16-22(21)2)33-30(36)28-20-37-29(34-28)19-35(18-24-9-13-26(32)14-10-24)17-23-7-11-25(12-8-23)31(3,4)5/h6-16,20H,17-19H2,1-5H3,(H,33,36). The number of anilines is 1. The molecule has 0 atom stereocenters. The Labute approximate surface area is 223 Å². The summed E-state index contributed by atoms with van der Waals surface area (Å²) in [6, 6.07) is 21.2. The van der Waals surface area contributed by atoms with Crippen LogP contribution in [0.15, 0.2) is 72.1 Å². The highest BCUT2D eigenvalue weighted by atomic mass is 32.1. The fourth-order valence-electron chi connectivity index (χ4n) is 4.08. The molecule has 1 aromatic heterocycles. The van der Waals surface area contributed by atoms with E-state index >= 15 is 0 Å². The number of nitrogens with one attached hydrogen (secondary N) is 1. The van der Waals surface area contributed by atoms with Gasteiger partial charge in [0.05, 0.1) is 6.54 Å². The monoisotopic (exact) mass is 515 g/mol. The maximum atomic E-state index is 13.5. The van der Waals surface area contributed by atoms with Crippen LogP contribution >= 0.6 is 11.3 Å². The fraction of sp³-hybridized carbons (Fsp3) is 0.290. The van der Waals surface area contributed by atoms with Gasteiger partial charge in [-0.2, -0.15) is 0 Å². The second kappa shape index (κ2) is 11.4. The largest absolute Gasteiger partial charge is 0.321 e. The summed E-state index contributed by atoms with van der Waals surface area (Å²) in [6.45, 7) is 12.6. The van der Waals surface area contributed by atoms with Crippen LogP contribution in [-0.2, 0) is 25.0 Å². The van der Waals surface area contributed by atoms with Gasteiger partial charge in [0.1, 0.15) is 16.5 Å². The number of aryl methyl sites for hydroxylation is 2. The molecule has 0 radical (unpaired) electrons. The number of hydrogen-bond acceptors (Lipinski definition) is 4. The van der Waals surface area contributed by atoms with E-state index in [1.807, 2.05) is 44.2 Å². The van der Waals surface area contributed by atoms with E-state index in [2.05, 4.69) is 60.2 Å². The third-order valence-corrected chi connectivity index (χ3v) is 7.29. The third kappa shape index (κ3) is 7.34. The Morgan fingerprint density at radius 1 is 0.892 bits per heavy atom. The molecule has 1 N–H and O–H groups in total. The van der Waals surface area contributed by atoms with Gasteiger partial charge in [-0.1, -0.05) is 63.2 Å². The predicted octanol–water partition coefficient (Wildman–Crippen LogP) is 7.65. The highest BCUT2D eigenvalue weighted by molar-refractivity contribution is 7.09. The summed E-state index contributed by atoms with van der Waals surface area (Å²) in [5.74, 6) is -0.457. The van der Waals surface area contributed by atoms with Gasteiger partial charge in [0.2, 0.25) is 0 Å². The van der Waals surface area contributed by atoms with E-state index in [0.717, 1.165) is 21.8 Å². The Bertz CT molecular complexity index is 1350. The zero-order valence-corrected chi connectivity index (χ0v) is 23.0. The molecule has 6 heteroatoms. The maximum absolute atomic E-state index is 13.5. The molecule has 4 aromatic rings. The van der Waals surface area contributed by atoms with Crippen LogP contribution in [0, 0.1) is 19.7 Å². The molecule has 0 aliphatic carbocycles. The van der Waals surface area contributed by atoms with Gasteiger partial charge in [0.15, 0.2) is 0 Å². The van der Waals surface area contributed by atoms with Crippen LogP contribution in [0.25, 0.3) is 0 Å². The molecule has 4 nitrogen and oxygen atoms in total. The first kappa shape index (κ1) is 26.7. The molecule has 0 aliphatic rings. The molecule has 0 unspecified atom stereocenters. The molecule has 0 saturated carbocycles. The lowest BCUT2D eigenvalue weighted by atomic mass is 9.87. The lowest BCUT2D eigenvalue weighted by Gasteiger charge is -2.23. The van der Waals surface area contributed by atoms with Crippen molar-refractivity contribution in [3.63, 3.8) is 0 Å². The number of hydrogen-bond donors (Lipinski definition) is 1. The summed E-state index contributed by atoms with van der Waals surface area (Å²) in [4.78, 5) is 19.7. The predicted molar refractivity (Wildman–Crippen MR) is 150 cm³/mol. The lowest BCUT2D eigenvalue weighted by molar-refractivity contribution is 0.102. The molecule has 1 heterocycles. The first-order valence-electron chi connectivity index (χ1n) is 12.5. The minimum atomic E-state index is -0.243. The Hall–Kier alpha value is -3.35. The van der Waals surface area contributed by atoms with Gasteiger partial charge in [-0.3, -0.25) is 9.69 Å². The minimum Gasteiger partial charge on any atom is -0.321 e. The van der Waals surface area contributed by atoms with Crippen molar-refractivity contribution in [1.82, 2.24) is 9.88 Å². The van der Waals surface area contributed by atoms with Crippen LogP contribution in [0.1, 0.15) is 64.1 Å². The summed E-state index contributed by atoms with van der Waals surface area (Å²) >= 11 is 1.48. The van der Waals surface area contributed by atoms with Gasteiger partial charge < -0.3 is 5.32 Å². The first-order chi connectivity index (χ1) is 17.6. The number of halogens is 1. The molecule has 0 aliphatic heterocycles. The summed E-state index contributed by atoms with van der Waals surface area (Å²) in [7, 11) is 0. The topological polar surface area (TPSA) is 45.2 Å². The molecule has 1 amide bonds. The average molecular weight is 516 g/mol.